The van der Waals surface area contributed by atoms with Crippen LogP contribution in [0.15, 0.2) is 65.4 Å². The number of nitrogens with one attached hydrogen (secondary N) is 2. The largest absolute Gasteiger partial charge is 0.465 e. The minimum absolute atomic E-state index is 0.182. The summed E-state index contributed by atoms with van der Waals surface area (Å²) in [4.78, 5) is 37.2. The molecule has 1 fully saturated rings. The summed E-state index contributed by atoms with van der Waals surface area (Å²) in [5, 5.41) is 7.04. The second-order valence-corrected chi connectivity index (χ2v) is 9.28. The fourth-order valence-electron chi connectivity index (χ4n) is 3.95. The van der Waals surface area contributed by atoms with Gasteiger partial charge in [0, 0.05) is 60.0 Å². The van der Waals surface area contributed by atoms with Gasteiger partial charge in [0.25, 0.3) is 0 Å². The lowest BCUT2D eigenvalue weighted by Crippen LogP contribution is -2.48. The number of carbonyl (C=O) groups is 2. The molecule has 2 aromatic carbocycles. The van der Waals surface area contributed by atoms with Crippen LogP contribution in [-0.4, -0.2) is 77.5 Å². The number of aromatic nitrogens is 2. The summed E-state index contributed by atoms with van der Waals surface area (Å²) in [6.45, 7) is 6.50. The van der Waals surface area contributed by atoms with E-state index in [9.17, 15) is 9.59 Å². The molecule has 188 valence electrons. The number of anilines is 3. The lowest BCUT2D eigenvalue weighted by Gasteiger charge is -2.33. The highest BCUT2D eigenvalue weighted by Gasteiger charge is 2.18. The molecular formula is C26H29BrN6O3. The first kappa shape index (κ1) is 25.7. The third kappa shape index (κ3) is 7.33. The van der Waals surface area contributed by atoms with E-state index >= 15 is 0 Å². The van der Waals surface area contributed by atoms with E-state index in [-0.39, 0.29) is 11.9 Å². The number of halogens is 1. The molecule has 1 aliphatic heterocycles. The maximum absolute atomic E-state index is 12.5. The highest BCUT2D eigenvalue weighted by atomic mass is 79.9. The van der Waals surface area contributed by atoms with E-state index in [1.807, 2.05) is 55.5 Å². The monoisotopic (exact) mass is 552 g/mol. The van der Waals surface area contributed by atoms with Crippen molar-refractivity contribution in [1.82, 2.24) is 19.8 Å². The van der Waals surface area contributed by atoms with Gasteiger partial charge in [-0.3, -0.25) is 19.4 Å². The molecule has 9 nitrogen and oxygen atoms in total. The fourth-order valence-corrected chi connectivity index (χ4v) is 4.35. The van der Waals surface area contributed by atoms with Crippen LogP contribution < -0.4 is 10.6 Å². The summed E-state index contributed by atoms with van der Waals surface area (Å²) in [5.74, 6) is 0.277. The van der Waals surface area contributed by atoms with E-state index in [1.54, 1.807) is 6.08 Å². The van der Waals surface area contributed by atoms with E-state index in [0.717, 1.165) is 47.2 Å². The zero-order chi connectivity index (χ0) is 25.3. The van der Waals surface area contributed by atoms with Gasteiger partial charge in [0.1, 0.15) is 12.1 Å². The van der Waals surface area contributed by atoms with Crippen molar-refractivity contribution in [2.75, 3.05) is 56.5 Å². The second kappa shape index (κ2) is 12.6. The van der Waals surface area contributed by atoms with Crippen molar-refractivity contribution in [2.45, 2.75) is 6.92 Å². The van der Waals surface area contributed by atoms with Crippen LogP contribution in [0, 0.1) is 0 Å². The molecular weight excluding hydrogens is 524 g/mol. The Bertz CT molecular complexity index is 1240. The van der Waals surface area contributed by atoms with E-state index in [0.29, 0.717) is 31.2 Å². The van der Waals surface area contributed by atoms with Gasteiger partial charge >= 0.3 is 5.97 Å². The first-order chi connectivity index (χ1) is 17.5. The molecule has 10 heteroatoms. The SMILES string of the molecule is CCOC(=O)CN1CCN(C/C=C/C(=O)Nc2ccc3ncnc(Nc4cccc(Br)c4)c3c2)CC1. The van der Waals surface area contributed by atoms with E-state index in [1.165, 1.54) is 6.33 Å². The Morgan fingerprint density at radius 2 is 1.86 bits per heavy atom. The predicted molar refractivity (Wildman–Crippen MR) is 144 cm³/mol. The minimum atomic E-state index is -0.200. The smallest absolute Gasteiger partial charge is 0.320 e. The van der Waals surface area contributed by atoms with Crippen LogP contribution in [0.4, 0.5) is 17.2 Å². The molecule has 0 unspecified atom stereocenters. The van der Waals surface area contributed by atoms with Gasteiger partial charge in [-0.05, 0) is 43.3 Å². The molecule has 0 spiro atoms. The molecule has 0 radical (unpaired) electrons. The number of piperazine rings is 1. The molecule has 0 saturated carbocycles. The van der Waals surface area contributed by atoms with Crippen molar-refractivity contribution < 1.29 is 14.3 Å². The number of benzene rings is 2. The predicted octanol–water partition coefficient (Wildman–Crippen LogP) is 3.81. The van der Waals surface area contributed by atoms with Gasteiger partial charge in [-0.2, -0.15) is 0 Å². The number of ether oxygens (including phenoxy) is 1. The summed E-state index contributed by atoms with van der Waals surface area (Å²) < 4.78 is 5.97. The van der Waals surface area contributed by atoms with Crippen molar-refractivity contribution in [3.63, 3.8) is 0 Å². The van der Waals surface area contributed by atoms with Crippen LogP contribution in [0.25, 0.3) is 10.9 Å². The fraction of sp³-hybridized carbons (Fsp3) is 0.308. The number of nitrogens with zero attached hydrogens (tertiary/aromatic N) is 4. The summed E-state index contributed by atoms with van der Waals surface area (Å²) >= 11 is 3.48. The molecule has 0 bridgehead atoms. The molecule has 2 heterocycles. The maximum Gasteiger partial charge on any atom is 0.320 e. The Morgan fingerprint density at radius 1 is 1.06 bits per heavy atom. The summed E-state index contributed by atoms with van der Waals surface area (Å²) in [7, 11) is 0. The Morgan fingerprint density at radius 3 is 2.64 bits per heavy atom. The molecule has 4 rings (SSSR count). The summed E-state index contributed by atoms with van der Waals surface area (Å²) in [5.41, 5.74) is 2.33. The average Bonchev–Trinajstić information content (AvgIpc) is 2.86. The van der Waals surface area contributed by atoms with Gasteiger partial charge in [0.05, 0.1) is 18.7 Å². The zero-order valence-corrected chi connectivity index (χ0v) is 21.7. The van der Waals surface area contributed by atoms with Gasteiger partial charge < -0.3 is 15.4 Å². The molecule has 1 amide bonds. The van der Waals surface area contributed by atoms with Crippen molar-refractivity contribution in [3.8, 4) is 0 Å². The minimum Gasteiger partial charge on any atom is -0.465 e. The van der Waals surface area contributed by atoms with Crippen molar-refractivity contribution >= 4 is 55.9 Å². The van der Waals surface area contributed by atoms with Crippen molar-refractivity contribution in [2.24, 2.45) is 0 Å². The molecule has 0 aliphatic carbocycles. The van der Waals surface area contributed by atoms with Gasteiger partial charge in [-0.15, -0.1) is 0 Å². The number of hydrogen-bond donors (Lipinski definition) is 2. The molecule has 36 heavy (non-hydrogen) atoms. The molecule has 1 saturated heterocycles. The van der Waals surface area contributed by atoms with Crippen LogP contribution in [-0.2, 0) is 14.3 Å². The zero-order valence-electron chi connectivity index (χ0n) is 20.1. The van der Waals surface area contributed by atoms with Crippen LogP contribution >= 0.6 is 15.9 Å². The number of fused-ring (bicyclic) bond motifs is 1. The van der Waals surface area contributed by atoms with Gasteiger partial charge in [-0.1, -0.05) is 28.1 Å². The quantitative estimate of drug-likeness (QED) is 0.305. The maximum atomic E-state index is 12.5. The molecule has 3 aromatic rings. The highest BCUT2D eigenvalue weighted by molar-refractivity contribution is 9.10. The summed E-state index contributed by atoms with van der Waals surface area (Å²) in [6.07, 6.45) is 4.93. The third-order valence-electron chi connectivity index (χ3n) is 5.75. The van der Waals surface area contributed by atoms with Gasteiger partial charge in [0.15, 0.2) is 0 Å². The summed E-state index contributed by atoms with van der Waals surface area (Å²) in [6, 6.07) is 13.4. The average molecular weight is 553 g/mol. The van der Waals surface area contributed by atoms with Crippen LogP contribution in [0.5, 0.6) is 0 Å². The molecule has 1 aliphatic rings. The van der Waals surface area contributed by atoms with Crippen LogP contribution in [0.1, 0.15) is 6.92 Å². The number of amides is 1. The Labute approximate surface area is 218 Å². The van der Waals surface area contributed by atoms with E-state index < -0.39 is 0 Å². The number of esters is 1. The van der Waals surface area contributed by atoms with Gasteiger partial charge in [0.2, 0.25) is 5.91 Å². The molecule has 2 N–H and O–H groups in total. The molecule has 0 atom stereocenters. The topological polar surface area (TPSA) is 99.7 Å². The van der Waals surface area contributed by atoms with Crippen LogP contribution in [0.3, 0.4) is 0 Å². The Hall–Kier alpha value is -3.34. The first-order valence-corrected chi connectivity index (χ1v) is 12.6. The lowest BCUT2D eigenvalue weighted by atomic mass is 10.2. The highest BCUT2D eigenvalue weighted by Crippen LogP contribution is 2.27. The number of carbonyl (C=O) groups excluding carboxylic acids is 2. The Kier molecular flexibility index (Phi) is 8.99. The van der Waals surface area contributed by atoms with Gasteiger partial charge in [-0.25, -0.2) is 9.97 Å². The van der Waals surface area contributed by atoms with Crippen molar-refractivity contribution in [1.29, 1.82) is 0 Å². The van der Waals surface area contributed by atoms with Crippen LogP contribution in [0.2, 0.25) is 0 Å². The standard InChI is InChI=1S/C26H29BrN6O3/c1-2-36-25(35)17-33-13-11-32(12-14-33)10-4-7-24(34)30-21-8-9-23-22(16-21)26(29-18-28-23)31-20-6-3-5-19(27)15-20/h3-9,15-16,18H,2,10-14,17H2,1H3,(H,30,34)(H,28,29,31)/b7-4+. The number of hydrogen-bond acceptors (Lipinski definition) is 8. The third-order valence-corrected chi connectivity index (χ3v) is 6.24. The van der Waals surface area contributed by atoms with Crippen molar-refractivity contribution in [3.05, 3.63) is 65.4 Å². The Balaban J connectivity index is 1.31. The van der Waals surface area contributed by atoms with E-state index in [4.69, 9.17) is 4.74 Å². The number of rotatable bonds is 9. The molecule has 1 aromatic heterocycles. The second-order valence-electron chi connectivity index (χ2n) is 8.36. The first-order valence-electron chi connectivity index (χ1n) is 11.9. The normalized spacial score (nSPS) is 14.7. The lowest BCUT2D eigenvalue weighted by molar-refractivity contribution is -0.144. The van der Waals surface area contributed by atoms with E-state index in [2.05, 4.69) is 46.3 Å².